The first-order chi connectivity index (χ1) is 7.58. The fraction of sp³-hybridized carbons (Fsp3) is 0.250. The third-order valence-corrected chi connectivity index (χ3v) is 3.10. The zero-order chi connectivity index (χ0) is 11.7. The van der Waals surface area contributed by atoms with Crippen molar-refractivity contribution in [2.75, 3.05) is 0 Å². The van der Waals surface area contributed by atoms with Crippen LogP contribution in [0.3, 0.4) is 0 Å². The summed E-state index contributed by atoms with van der Waals surface area (Å²) >= 11 is 6.80. The van der Waals surface area contributed by atoms with Crippen LogP contribution in [-0.2, 0) is 4.79 Å². The Morgan fingerprint density at radius 3 is 3.06 bits per heavy atom. The van der Waals surface area contributed by atoms with Crippen molar-refractivity contribution in [3.8, 4) is 0 Å². The zero-order valence-corrected chi connectivity index (χ0v) is 9.71. The zero-order valence-electron chi connectivity index (χ0n) is 8.14. The molecule has 0 saturated heterocycles. The van der Waals surface area contributed by atoms with Gasteiger partial charge in [-0.1, -0.05) is 11.8 Å². The maximum atomic E-state index is 10.7. The third-order valence-electron chi connectivity index (χ3n) is 1.86. The van der Waals surface area contributed by atoms with Crippen molar-refractivity contribution in [1.82, 2.24) is 19.9 Å². The minimum Gasteiger partial charge on any atom is -0.480 e. The Morgan fingerprint density at radius 1 is 1.62 bits per heavy atom. The van der Waals surface area contributed by atoms with Gasteiger partial charge in [0.15, 0.2) is 5.65 Å². The van der Waals surface area contributed by atoms with E-state index in [9.17, 15) is 4.79 Å². The van der Waals surface area contributed by atoms with Crippen LogP contribution in [0.1, 0.15) is 6.92 Å². The Morgan fingerprint density at radius 2 is 2.38 bits per heavy atom. The number of nitrogens with zero attached hydrogens (tertiary/aromatic N) is 3. The van der Waals surface area contributed by atoms with E-state index in [-0.39, 0.29) is 5.28 Å². The molecule has 0 aliphatic carbocycles. The first kappa shape index (κ1) is 11.2. The van der Waals surface area contributed by atoms with Gasteiger partial charge in [0.05, 0.1) is 6.33 Å². The molecular formula is C8H7ClN4O2S. The lowest BCUT2D eigenvalue weighted by atomic mass is 10.5. The lowest BCUT2D eigenvalue weighted by molar-refractivity contribution is -0.136. The van der Waals surface area contributed by atoms with Gasteiger partial charge in [-0.3, -0.25) is 4.79 Å². The Balaban J connectivity index is 2.42. The predicted molar refractivity (Wildman–Crippen MR) is 59.6 cm³/mol. The summed E-state index contributed by atoms with van der Waals surface area (Å²) in [6.45, 7) is 1.57. The van der Waals surface area contributed by atoms with Gasteiger partial charge in [0.1, 0.15) is 15.8 Å². The molecule has 0 aromatic carbocycles. The number of aromatic nitrogens is 4. The van der Waals surface area contributed by atoms with Gasteiger partial charge >= 0.3 is 5.97 Å². The van der Waals surface area contributed by atoms with Gasteiger partial charge in [0.2, 0.25) is 5.28 Å². The number of aliphatic carboxylic acids is 1. The lowest BCUT2D eigenvalue weighted by Gasteiger charge is -2.05. The molecule has 0 radical (unpaired) electrons. The lowest BCUT2D eigenvalue weighted by Crippen LogP contribution is -2.11. The minimum absolute atomic E-state index is 0.0553. The topological polar surface area (TPSA) is 91.8 Å². The van der Waals surface area contributed by atoms with Crippen molar-refractivity contribution in [2.24, 2.45) is 0 Å². The molecule has 0 fully saturated rings. The van der Waals surface area contributed by atoms with Crippen LogP contribution < -0.4 is 0 Å². The number of rotatable bonds is 3. The number of carboxylic acid groups (broad SMARTS) is 1. The second kappa shape index (κ2) is 4.26. The smallest absolute Gasteiger partial charge is 0.316 e. The molecular weight excluding hydrogens is 252 g/mol. The molecule has 0 unspecified atom stereocenters. The average molecular weight is 259 g/mol. The van der Waals surface area contributed by atoms with E-state index in [1.807, 2.05) is 0 Å². The molecule has 2 aromatic heterocycles. The molecule has 0 bridgehead atoms. The molecule has 1 atom stereocenters. The quantitative estimate of drug-likeness (QED) is 0.493. The number of carboxylic acids is 1. The molecule has 0 aliphatic rings. The summed E-state index contributed by atoms with van der Waals surface area (Å²) in [6.07, 6.45) is 1.46. The van der Waals surface area contributed by atoms with Crippen LogP contribution in [-0.4, -0.2) is 36.3 Å². The number of halogens is 1. The first-order valence-corrected chi connectivity index (χ1v) is 5.60. The summed E-state index contributed by atoms with van der Waals surface area (Å²) in [5, 5.41) is 8.74. The number of imidazole rings is 1. The predicted octanol–water partition coefficient (Wildman–Crippen LogP) is 1.57. The van der Waals surface area contributed by atoms with Gasteiger partial charge in [-0.25, -0.2) is 9.97 Å². The first-order valence-electron chi connectivity index (χ1n) is 4.34. The van der Waals surface area contributed by atoms with Gasteiger partial charge in [0.25, 0.3) is 0 Å². The molecule has 84 valence electrons. The van der Waals surface area contributed by atoms with E-state index in [1.54, 1.807) is 6.92 Å². The van der Waals surface area contributed by atoms with E-state index in [2.05, 4.69) is 19.9 Å². The molecule has 6 nitrogen and oxygen atoms in total. The van der Waals surface area contributed by atoms with Crippen LogP contribution in [0.2, 0.25) is 5.28 Å². The van der Waals surface area contributed by atoms with E-state index < -0.39 is 11.2 Å². The summed E-state index contributed by atoms with van der Waals surface area (Å²) in [6, 6.07) is 0. The molecule has 0 aliphatic heterocycles. The molecule has 0 saturated carbocycles. The Hall–Kier alpha value is -1.34. The van der Waals surface area contributed by atoms with Crippen molar-refractivity contribution in [2.45, 2.75) is 17.2 Å². The van der Waals surface area contributed by atoms with Gasteiger partial charge in [-0.2, -0.15) is 4.98 Å². The summed E-state index contributed by atoms with van der Waals surface area (Å²) in [4.78, 5) is 25.4. The van der Waals surface area contributed by atoms with Crippen molar-refractivity contribution in [3.63, 3.8) is 0 Å². The van der Waals surface area contributed by atoms with Crippen molar-refractivity contribution >= 4 is 40.5 Å². The van der Waals surface area contributed by atoms with E-state index in [0.29, 0.717) is 16.2 Å². The summed E-state index contributed by atoms with van der Waals surface area (Å²) < 4.78 is 0. The summed E-state index contributed by atoms with van der Waals surface area (Å²) in [7, 11) is 0. The number of fused-ring (bicyclic) bond motifs is 1. The van der Waals surface area contributed by atoms with Crippen LogP contribution >= 0.6 is 23.4 Å². The van der Waals surface area contributed by atoms with Gasteiger partial charge in [0, 0.05) is 0 Å². The second-order valence-electron chi connectivity index (χ2n) is 3.00. The third kappa shape index (κ3) is 2.10. The highest BCUT2D eigenvalue weighted by Crippen LogP contribution is 2.27. The molecule has 2 N–H and O–H groups in total. The van der Waals surface area contributed by atoms with Gasteiger partial charge in [-0.05, 0) is 18.5 Å². The molecule has 0 amide bonds. The maximum Gasteiger partial charge on any atom is 0.316 e. The highest BCUT2D eigenvalue weighted by atomic mass is 35.5. The Kier molecular flexibility index (Phi) is 2.97. The average Bonchev–Trinajstić information content (AvgIpc) is 2.65. The van der Waals surface area contributed by atoms with Crippen molar-refractivity contribution in [3.05, 3.63) is 11.6 Å². The largest absolute Gasteiger partial charge is 0.480 e. The molecule has 16 heavy (non-hydrogen) atoms. The number of hydrogen-bond donors (Lipinski definition) is 2. The summed E-state index contributed by atoms with van der Waals surface area (Å²) in [5.74, 6) is -0.910. The maximum absolute atomic E-state index is 10.7. The SMILES string of the molecule is C[C@@H](Sc1nc(Cl)nc2nc[nH]c12)C(=O)O. The summed E-state index contributed by atoms with van der Waals surface area (Å²) in [5.41, 5.74) is 1.03. The van der Waals surface area contributed by atoms with Crippen LogP contribution in [0.15, 0.2) is 11.4 Å². The van der Waals surface area contributed by atoms with Crippen molar-refractivity contribution < 1.29 is 9.90 Å². The standard InChI is InChI=1S/C8H7ClN4O2S/c1-3(7(14)15)16-6-4-5(11-2-10-4)12-8(9)13-6/h2-3H,1H3,(H,14,15)(H,10,11,12,13)/t3-/m1/s1. The normalized spacial score (nSPS) is 12.9. The fourth-order valence-electron chi connectivity index (χ4n) is 1.08. The number of H-pyrrole nitrogens is 1. The Labute approximate surface area is 99.5 Å². The van der Waals surface area contributed by atoms with E-state index in [1.165, 1.54) is 6.33 Å². The van der Waals surface area contributed by atoms with E-state index in [0.717, 1.165) is 11.8 Å². The fourth-order valence-corrected chi connectivity index (χ4v) is 2.14. The van der Waals surface area contributed by atoms with Gasteiger partial charge in [-0.15, -0.1) is 0 Å². The second-order valence-corrected chi connectivity index (χ2v) is 4.66. The molecule has 8 heteroatoms. The van der Waals surface area contributed by atoms with Crippen LogP contribution in [0, 0.1) is 0 Å². The number of carbonyl (C=O) groups is 1. The highest BCUT2D eigenvalue weighted by molar-refractivity contribution is 8.00. The number of thioether (sulfide) groups is 1. The van der Waals surface area contributed by atoms with Crippen LogP contribution in [0.4, 0.5) is 0 Å². The molecule has 2 aromatic rings. The Bertz CT molecular complexity index is 544. The monoisotopic (exact) mass is 258 g/mol. The highest BCUT2D eigenvalue weighted by Gasteiger charge is 2.17. The van der Waals surface area contributed by atoms with Crippen molar-refractivity contribution in [1.29, 1.82) is 0 Å². The van der Waals surface area contributed by atoms with E-state index in [4.69, 9.17) is 16.7 Å². The van der Waals surface area contributed by atoms with Crippen LogP contribution in [0.25, 0.3) is 11.2 Å². The molecule has 2 rings (SSSR count). The number of aromatic amines is 1. The number of hydrogen-bond acceptors (Lipinski definition) is 5. The molecule has 0 spiro atoms. The van der Waals surface area contributed by atoms with Gasteiger partial charge < -0.3 is 10.1 Å². The minimum atomic E-state index is -0.910. The van der Waals surface area contributed by atoms with Crippen LogP contribution in [0.5, 0.6) is 0 Å². The van der Waals surface area contributed by atoms with E-state index >= 15 is 0 Å². The number of nitrogens with one attached hydrogen (secondary N) is 1. The molecule has 2 heterocycles.